The van der Waals surface area contributed by atoms with E-state index in [9.17, 15) is 0 Å². The highest BCUT2D eigenvalue weighted by Crippen LogP contribution is 2.46. The number of hydrogen-bond donors (Lipinski definition) is 0. The largest absolute Gasteiger partial charge is 0.335 e. The van der Waals surface area contributed by atoms with Crippen LogP contribution in [0.15, 0.2) is 79.4 Å². The van der Waals surface area contributed by atoms with Gasteiger partial charge in [-0.3, -0.25) is 4.84 Å². The lowest BCUT2D eigenvalue weighted by Gasteiger charge is -2.34. The summed E-state index contributed by atoms with van der Waals surface area (Å²) in [7, 11) is 2.03. The molecule has 1 aliphatic rings. The van der Waals surface area contributed by atoms with Crippen molar-refractivity contribution in [3.05, 3.63) is 90.5 Å². The molecule has 0 spiro atoms. The number of nitrogens with zero attached hydrogens (tertiary/aromatic N) is 3. The van der Waals surface area contributed by atoms with E-state index in [4.69, 9.17) is 4.84 Å². The van der Waals surface area contributed by atoms with Crippen LogP contribution in [0.5, 0.6) is 0 Å². The number of hydroxylamine groups is 2. The second-order valence-electron chi connectivity index (χ2n) is 6.34. The molecule has 0 bridgehead atoms. The Kier molecular flexibility index (Phi) is 3.92. The maximum absolute atomic E-state index is 6.27. The zero-order chi connectivity index (χ0) is 16.4. The molecule has 0 unspecified atom stereocenters. The number of benzene rings is 2. The molecule has 4 nitrogen and oxygen atoms in total. The molecule has 0 aliphatic carbocycles. The first kappa shape index (κ1) is 15.1. The molecule has 1 fully saturated rings. The third-order valence-electron chi connectivity index (χ3n) is 4.90. The Morgan fingerprint density at radius 1 is 1.08 bits per heavy atom. The Morgan fingerprint density at radius 2 is 1.79 bits per heavy atom. The van der Waals surface area contributed by atoms with Gasteiger partial charge in [0.25, 0.3) is 0 Å². The van der Waals surface area contributed by atoms with E-state index in [1.54, 1.807) is 0 Å². The summed E-state index contributed by atoms with van der Waals surface area (Å²) in [5, 5.41) is 2.03. The van der Waals surface area contributed by atoms with Crippen molar-refractivity contribution in [1.82, 2.24) is 14.6 Å². The van der Waals surface area contributed by atoms with Gasteiger partial charge >= 0.3 is 0 Å². The molecule has 122 valence electrons. The molecule has 0 radical (unpaired) electrons. The molecule has 2 heterocycles. The summed E-state index contributed by atoms with van der Waals surface area (Å²) in [6.45, 7) is 0.802. The van der Waals surface area contributed by atoms with Gasteiger partial charge in [0.15, 0.2) is 0 Å². The highest BCUT2D eigenvalue weighted by molar-refractivity contribution is 5.28. The Hall–Kier alpha value is -2.43. The van der Waals surface area contributed by atoms with Crippen LogP contribution in [0.3, 0.4) is 0 Å². The molecule has 2 atom stereocenters. The van der Waals surface area contributed by atoms with E-state index in [0.29, 0.717) is 0 Å². The molecular formula is C20H21N3O. The Balaban J connectivity index is 1.73. The monoisotopic (exact) mass is 319 g/mol. The van der Waals surface area contributed by atoms with Crippen molar-refractivity contribution >= 4 is 0 Å². The van der Waals surface area contributed by atoms with Gasteiger partial charge in [-0.15, -0.1) is 0 Å². The fourth-order valence-electron chi connectivity index (χ4n) is 3.60. The summed E-state index contributed by atoms with van der Waals surface area (Å²) in [5.74, 6) is 0. The molecule has 24 heavy (non-hydrogen) atoms. The van der Waals surface area contributed by atoms with Gasteiger partial charge < -0.3 is 4.57 Å². The summed E-state index contributed by atoms with van der Waals surface area (Å²) < 4.78 is 2.13. The quantitative estimate of drug-likeness (QED) is 0.733. The van der Waals surface area contributed by atoms with Gasteiger partial charge in [-0.05, 0) is 11.1 Å². The van der Waals surface area contributed by atoms with E-state index < -0.39 is 0 Å². The predicted molar refractivity (Wildman–Crippen MR) is 93.0 cm³/mol. The first-order valence-corrected chi connectivity index (χ1v) is 8.25. The molecule has 4 heteroatoms. The summed E-state index contributed by atoms with van der Waals surface area (Å²) in [5.41, 5.74) is 2.26. The topological polar surface area (TPSA) is 30.3 Å². The molecule has 0 saturated carbocycles. The molecule has 1 aliphatic heterocycles. The molecule has 2 aromatic carbocycles. The number of rotatable bonds is 4. The second kappa shape index (κ2) is 6.23. The van der Waals surface area contributed by atoms with Crippen LogP contribution in [0.2, 0.25) is 0 Å². The minimum Gasteiger partial charge on any atom is -0.335 e. The van der Waals surface area contributed by atoms with E-state index in [0.717, 1.165) is 13.0 Å². The molecule has 1 aromatic heterocycles. The average Bonchev–Trinajstić information content (AvgIpc) is 3.26. The fraction of sp³-hybridized carbons (Fsp3) is 0.250. The highest BCUT2D eigenvalue weighted by atomic mass is 16.7. The van der Waals surface area contributed by atoms with E-state index in [1.165, 1.54) is 11.1 Å². The first-order chi connectivity index (χ1) is 11.8. The lowest BCUT2D eigenvalue weighted by atomic mass is 9.83. The van der Waals surface area contributed by atoms with Crippen LogP contribution >= 0.6 is 0 Å². The number of likely N-dealkylation sites (N-methyl/N-ethyl adjacent to an activating group) is 1. The van der Waals surface area contributed by atoms with Crippen LogP contribution in [0, 0.1) is 0 Å². The predicted octanol–water partition coefficient (Wildman–Crippen LogP) is 3.79. The summed E-state index contributed by atoms with van der Waals surface area (Å²) in [6, 6.07) is 21.1. The normalized spacial score (nSPS) is 24.3. The smallest absolute Gasteiger partial charge is 0.107 e. The molecule has 0 N–H and O–H groups in total. The minimum absolute atomic E-state index is 0.0555. The number of aromatic nitrogens is 2. The van der Waals surface area contributed by atoms with Gasteiger partial charge in [0.05, 0.1) is 11.9 Å². The van der Waals surface area contributed by atoms with E-state index in [-0.39, 0.29) is 11.6 Å². The van der Waals surface area contributed by atoms with Crippen LogP contribution < -0.4 is 0 Å². The van der Waals surface area contributed by atoms with Crippen molar-refractivity contribution in [2.75, 3.05) is 7.05 Å². The highest BCUT2D eigenvalue weighted by Gasteiger charge is 2.47. The van der Waals surface area contributed by atoms with E-state index >= 15 is 0 Å². The zero-order valence-electron chi connectivity index (χ0n) is 13.7. The van der Waals surface area contributed by atoms with Crippen molar-refractivity contribution in [2.24, 2.45) is 0 Å². The second-order valence-corrected chi connectivity index (χ2v) is 6.34. The minimum atomic E-state index is -0.220. The van der Waals surface area contributed by atoms with Crippen molar-refractivity contribution in [1.29, 1.82) is 0 Å². The van der Waals surface area contributed by atoms with Crippen LogP contribution in [-0.2, 0) is 16.9 Å². The van der Waals surface area contributed by atoms with E-state index in [2.05, 4.69) is 64.1 Å². The first-order valence-electron chi connectivity index (χ1n) is 8.25. The van der Waals surface area contributed by atoms with Crippen LogP contribution in [-0.4, -0.2) is 21.7 Å². The summed E-state index contributed by atoms with van der Waals surface area (Å²) in [4.78, 5) is 10.5. The van der Waals surface area contributed by atoms with Crippen molar-refractivity contribution in [2.45, 2.75) is 24.6 Å². The number of imidazole rings is 1. The van der Waals surface area contributed by atoms with Crippen LogP contribution in [0.1, 0.15) is 23.7 Å². The molecular weight excluding hydrogens is 298 g/mol. The van der Waals surface area contributed by atoms with Gasteiger partial charge in [0.1, 0.15) is 6.10 Å². The van der Waals surface area contributed by atoms with Gasteiger partial charge in [-0.2, -0.15) is 5.06 Å². The van der Waals surface area contributed by atoms with Crippen LogP contribution in [0.25, 0.3) is 0 Å². The maximum Gasteiger partial charge on any atom is 0.107 e. The summed E-state index contributed by atoms with van der Waals surface area (Å²) >= 11 is 0. The van der Waals surface area contributed by atoms with E-state index in [1.807, 2.05) is 36.9 Å². The average molecular weight is 319 g/mol. The Morgan fingerprint density at radius 3 is 2.46 bits per heavy atom. The Bertz CT molecular complexity index is 773. The molecule has 4 rings (SSSR count). The third kappa shape index (κ3) is 2.64. The summed E-state index contributed by atoms with van der Waals surface area (Å²) in [6.07, 6.45) is 6.65. The van der Waals surface area contributed by atoms with Gasteiger partial charge in [-0.25, -0.2) is 4.98 Å². The van der Waals surface area contributed by atoms with Crippen molar-refractivity contribution in [3.63, 3.8) is 0 Å². The van der Waals surface area contributed by atoms with Gasteiger partial charge in [0, 0.05) is 32.4 Å². The molecule has 3 aromatic rings. The lowest BCUT2D eigenvalue weighted by Crippen LogP contribution is -2.41. The SMILES string of the molecule is CN1O[C@@H](c2ccccc2)C[C@@]1(Cn1ccnc1)c1ccccc1. The third-order valence-corrected chi connectivity index (χ3v) is 4.90. The molecule has 1 saturated heterocycles. The van der Waals surface area contributed by atoms with Gasteiger partial charge in [-0.1, -0.05) is 60.7 Å². The van der Waals surface area contributed by atoms with Crippen molar-refractivity contribution < 1.29 is 4.84 Å². The Labute approximate surface area is 142 Å². The zero-order valence-corrected chi connectivity index (χ0v) is 13.7. The fourth-order valence-corrected chi connectivity index (χ4v) is 3.60. The lowest BCUT2D eigenvalue weighted by molar-refractivity contribution is -0.176. The standard InChI is InChI=1S/C20H21N3O/c1-22-20(15-23-13-12-21-16-23,18-10-6-3-7-11-18)14-19(24-22)17-8-4-2-5-9-17/h2-13,16,19H,14-15H2,1H3/t19-,20-/m1/s1. The van der Waals surface area contributed by atoms with Crippen LogP contribution in [0.4, 0.5) is 0 Å². The number of hydrogen-bond acceptors (Lipinski definition) is 3. The molecule has 0 amide bonds. The maximum atomic E-state index is 6.27. The van der Waals surface area contributed by atoms with Crippen molar-refractivity contribution in [3.8, 4) is 0 Å². The van der Waals surface area contributed by atoms with Gasteiger partial charge in [0.2, 0.25) is 0 Å².